The largest absolute Gasteiger partial charge is 0.484 e. The van der Waals surface area contributed by atoms with Crippen molar-refractivity contribution in [2.45, 2.75) is 40.0 Å². The van der Waals surface area contributed by atoms with Gasteiger partial charge in [-0.3, -0.25) is 10.1 Å². The molecule has 4 nitrogen and oxygen atoms in total. The van der Waals surface area contributed by atoms with E-state index >= 15 is 0 Å². The summed E-state index contributed by atoms with van der Waals surface area (Å²) in [5.74, 6) is 1.02. The molecule has 1 heterocycles. The lowest BCUT2D eigenvalue weighted by molar-refractivity contribution is -0.118. The van der Waals surface area contributed by atoms with E-state index in [-0.39, 0.29) is 12.5 Å². The first-order valence-electron chi connectivity index (χ1n) is 8.87. The molecule has 1 atom stereocenters. The maximum absolute atomic E-state index is 12.2. The highest BCUT2D eigenvalue weighted by molar-refractivity contribution is 7.22. The van der Waals surface area contributed by atoms with Crippen LogP contribution in [0.5, 0.6) is 5.75 Å². The molecule has 0 aliphatic rings. The number of rotatable bonds is 6. The SMILES string of the molecule is CC[C@H](C)c1ccc(OCC(=O)Nc2nc3c(C)ccc(C)c3s2)cc1. The Morgan fingerprint density at radius 3 is 2.50 bits per heavy atom. The van der Waals surface area contributed by atoms with Crippen molar-refractivity contribution in [1.82, 2.24) is 4.98 Å². The van der Waals surface area contributed by atoms with Gasteiger partial charge in [0.1, 0.15) is 5.75 Å². The van der Waals surface area contributed by atoms with Gasteiger partial charge in [-0.2, -0.15) is 0 Å². The number of ether oxygens (including phenoxy) is 1. The summed E-state index contributed by atoms with van der Waals surface area (Å²) in [5.41, 5.74) is 4.51. The minimum Gasteiger partial charge on any atom is -0.484 e. The predicted octanol–water partition coefficient (Wildman–Crippen LogP) is 5.44. The molecule has 0 spiro atoms. The van der Waals surface area contributed by atoms with Crippen LogP contribution < -0.4 is 10.1 Å². The Morgan fingerprint density at radius 1 is 1.15 bits per heavy atom. The van der Waals surface area contributed by atoms with Crippen molar-refractivity contribution in [2.24, 2.45) is 0 Å². The summed E-state index contributed by atoms with van der Waals surface area (Å²) >= 11 is 1.50. The minimum absolute atomic E-state index is 0.0312. The third-order valence-electron chi connectivity index (χ3n) is 4.62. The van der Waals surface area contributed by atoms with Gasteiger partial charge < -0.3 is 4.74 Å². The van der Waals surface area contributed by atoms with Gasteiger partial charge in [0.15, 0.2) is 11.7 Å². The van der Waals surface area contributed by atoms with E-state index in [0.717, 1.165) is 22.2 Å². The molecule has 0 aliphatic heterocycles. The van der Waals surface area contributed by atoms with Gasteiger partial charge in [-0.05, 0) is 55.0 Å². The zero-order valence-corrected chi connectivity index (χ0v) is 16.4. The second-order valence-corrected chi connectivity index (χ2v) is 7.61. The van der Waals surface area contributed by atoms with E-state index in [4.69, 9.17) is 4.74 Å². The number of aryl methyl sites for hydroxylation is 2. The lowest BCUT2D eigenvalue weighted by Crippen LogP contribution is -2.20. The third-order valence-corrected chi connectivity index (χ3v) is 5.73. The topological polar surface area (TPSA) is 51.2 Å². The first kappa shape index (κ1) is 18.4. The predicted molar refractivity (Wildman–Crippen MR) is 108 cm³/mol. The Morgan fingerprint density at radius 2 is 1.85 bits per heavy atom. The minimum atomic E-state index is -0.203. The number of nitrogens with one attached hydrogen (secondary N) is 1. The molecule has 2 aromatic carbocycles. The lowest BCUT2D eigenvalue weighted by atomic mass is 9.99. The van der Waals surface area contributed by atoms with Gasteiger partial charge in [0, 0.05) is 0 Å². The normalized spacial score (nSPS) is 12.2. The summed E-state index contributed by atoms with van der Waals surface area (Å²) in [6.45, 7) is 8.42. The van der Waals surface area contributed by atoms with Crippen molar-refractivity contribution in [2.75, 3.05) is 11.9 Å². The number of carbonyl (C=O) groups excluding carboxylic acids is 1. The van der Waals surface area contributed by atoms with Gasteiger partial charge in [-0.25, -0.2) is 4.98 Å². The summed E-state index contributed by atoms with van der Waals surface area (Å²) in [7, 11) is 0. The van der Waals surface area contributed by atoms with Crippen LogP contribution in [0.2, 0.25) is 0 Å². The van der Waals surface area contributed by atoms with Crippen LogP contribution in [-0.2, 0) is 4.79 Å². The summed E-state index contributed by atoms with van der Waals surface area (Å²) in [6.07, 6.45) is 1.10. The maximum atomic E-state index is 12.2. The van der Waals surface area contributed by atoms with Crippen molar-refractivity contribution < 1.29 is 9.53 Å². The van der Waals surface area contributed by atoms with Crippen LogP contribution in [0.15, 0.2) is 36.4 Å². The fourth-order valence-corrected chi connectivity index (χ4v) is 3.77. The van der Waals surface area contributed by atoms with Crippen LogP contribution in [0.4, 0.5) is 5.13 Å². The van der Waals surface area contributed by atoms with Crippen LogP contribution in [0, 0.1) is 13.8 Å². The van der Waals surface area contributed by atoms with Crippen LogP contribution >= 0.6 is 11.3 Å². The Balaban J connectivity index is 1.61. The van der Waals surface area contributed by atoms with Gasteiger partial charge in [0.25, 0.3) is 5.91 Å². The highest BCUT2D eigenvalue weighted by Gasteiger charge is 2.11. The van der Waals surface area contributed by atoms with Crippen LogP contribution in [0.25, 0.3) is 10.2 Å². The van der Waals surface area contributed by atoms with E-state index in [1.807, 2.05) is 19.1 Å². The van der Waals surface area contributed by atoms with Crippen molar-refractivity contribution in [3.05, 3.63) is 53.1 Å². The molecule has 1 aromatic heterocycles. The Bertz CT molecular complexity index is 877. The fourth-order valence-electron chi connectivity index (χ4n) is 2.75. The van der Waals surface area contributed by atoms with Crippen LogP contribution in [0.1, 0.15) is 42.9 Å². The molecule has 0 fully saturated rings. The number of amides is 1. The van der Waals surface area contributed by atoms with Gasteiger partial charge in [0.2, 0.25) is 0 Å². The van der Waals surface area contributed by atoms with E-state index in [0.29, 0.717) is 16.8 Å². The molecule has 0 radical (unpaired) electrons. The van der Waals surface area contributed by atoms with Gasteiger partial charge in [0.05, 0.1) is 10.2 Å². The number of hydrogen-bond acceptors (Lipinski definition) is 4. The quantitative estimate of drug-likeness (QED) is 0.630. The molecular formula is C21H24N2O2S. The van der Waals surface area contributed by atoms with Crippen molar-refractivity contribution in [3.63, 3.8) is 0 Å². The molecule has 0 saturated heterocycles. The van der Waals surface area contributed by atoms with Gasteiger partial charge in [-0.15, -0.1) is 0 Å². The fraction of sp³-hybridized carbons (Fsp3) is 0.333. The maximum Gasteiger partial charge on any atom is 0.264 e. The molecule has 0 saturated carbocycles. The Labute approximate surface area is 158 Å². The van der Waals surface area contributed by atoms with Crippen molar-refractivity contribution in [3.8, 4) is 5.75 Å². The summed E-state index contributed by atoms with van der Waals surface area (Å²) in [6, 6.07) is 12.1. The van der Waals surface area contributed by atoms with Crippen LogP contribution in [-0.4, -0.2) is 17.5 Å². The van der Waals surface area contributed by atoms with Gasteiger partial charge in [-0.1, -0.05) is 49.4 Å². The van der Waals surface area contributed by atoms with E-state index in [2.05, 4.69) is 55.3 Å². The average molecular weight is 369 g/mol. The first-order valence-corrected chi connectivity index (χ1v) is 9.69. The number of hydrogen-bond donors (Lipinski definition) is 1. The first-order chi connectivity index (χ1) is 12.5. The molecule has 3 rings (SSSR count). The number of fused-ring (bicyclic) bond motifs is 1. The Hall–Kier alpha value is -2.40. The second kappa shape index (κ2) is 7.87. The van der Waals surface area contributed by atoms with Crippen molar-refractivity contribution >= 4 is 32.6 Å². The van der Waals surface area contributed by atoms with Crippen molar-refractivity contribution in [1.29, 1.82) is 0 Å². The summed E-state index contributed by atoms with van der Waals surface area (Å²) in [5, 5.41) is 3.45. The summed E-state index contributed by atoms with van der Waals surface area (Å²) < 4.78 is 6.71. The van der Waals surface area contributed by atoms with E-state index in [1.54, 1.807) is 0 Å². The molecule has 1 N–H and O–H groups in total. The zero-order chi connectivity index (χ0) is 18.7. The molecule has 0 bridgehead atoms. The monoisotopic (exact) mass is 368 g/mol. The number of anilines is 1. The molecular weight excluding hydrogens is 344 g/mol. The van der Waals surface area contributed by atoms with E-state index in [9.17, 15) is 4.79 Å². The van der Waals surface area contributed by atoms with E-state index in [1.165, 1.54) is 22.5 Å². The number of carbonyl (C=O) groups is 1. The second-order valence-electron chi connectivity index (χ2n) is 6.61. The molecule has 5 heteroatoms. The molecule has 0 aliphatic carbocycles. The van der Waals surface area contributed by atoms with E-state index < -0.39 is 0 Å². The molecule has 1 amide bonds. The molecule has 3 aromatic rings. The highest BCUT2D eigenvalue weighted by atomic mass is 32.1. The summed E-state index contributed by atoms with van der Waals surface area (Å²) in [4.78, 5) is 16.7. The molecule has 0 unspecified atom stereocenters. The standard InChI is InChI=1S/C21H24N2O2S/c1-5-13(2)16-8-10-17(11-9-16)25-12-18(24)22-21-23-19-14(3)6-7-15(4)20(19)26-21/h6-11,13H,5,12H2,1-4H3,(H,22,23,24)/t13-/m0/s1. The number of nitrogens with zero attached hydrogens (tertiary/aromatic N) is 1. The number of benzene rings is 2. The third kappa shape index (κ3) is 4.05. The lowest BCUT2D eigenvalue weighted by Gasteiger charge is -2.10. The Kier molecular flexibility index (Phi) is 5.57. The highest BCUT2D eigenvalue weighted by Crippen LogP contribution is 2.30. The molecule has 136 valence electrons. The number of aromatic nitrogens is 1. The number of thiazole rings is 1. The van der Waals surface area contributed by atoms with Crippen LogP contribution in [0.3, 0.4) is 0 Å². The smallest absolute Gasteiger partial charge is 0.264 e. The average Bonchev–Trinajstić information content (AvgIpc) is 3.08. The van der Waals surface area contributed by atoms with Gasteiger partial charge >= 0.3 is 0 Å². The zero-order valence-electron chi connectivity index (χ0n) is 15.6. The molecule has 26 heavy (non-hydrogen) atoms.